The molecule has 1 heterocycles. The molecule has 2 unspecified atom stereocenters. The summed E-state index contributed by atoms with van der Waals surface area (Å²) in [5.41, 5.74) is -0.283. The molecule has 0 aromatic heterocycles. The lowest BCUT2D eigenvalue weighted by Gasteiger charge is -2.54. The highest BCUT2D eigenvalue weighted by molar-refractivity contribution is 5.96. The zero-order valence-electron chi connectivity index (χ0n) is 17.9. The zero-order chi connectivity index (χ0) is 19.3. The van der Waals surface area contributed by atoms with Gasteiger partial charge in [0.25, 0.3) is 0 Å². The van der Waals surface area contributed by atoms with Crippen molar-refractivity contribution in [1.29, 1.82) is 0 Å². The van der Waals surface area contributed by atoms with Crippen LogP contribution in [0.1, 0.15) is 117 Å². The summed E-state index contributed by atoms with van der Waals surface area (Å²) >= 11 is 0. The first-order valence-corrected chi connectivity index (χ1v) is 11.5. The molecule has 0 saturated carbocycles. The highest BCUT2D eigenvalue weighted by atomic mass is 16.5. The van der Waals surface area contributed by atoms with E-state index in [1.165, 1.54) is 77.0 Å². The van der Waals surface area contributed by atoms with Gasteiger partial charge in [0.1, 0.15) is 0 Å². The second-order valence-corrected chi connectivity index (χ2v) is 8.19. The fourth-order valence-electron chi connectivity index (χ4n) is 4.58. The van der Waals surface area contributed by atoms with Crippen LogP contribution in [-0.2, 0) is 9.53 Å². The zero-order valence-corrected chi connectivity index (χ0v) is 17.9. The Morgan fingerprint density at radius 1 is 0.808 bits per heavy atom. The van der Waals surface area contributed by atoms with Crippen molar-refractivity contribution < 1.29 is 9.53 Å². The summed E-state index contributed by atoms with van der Waals surface area (Å²) in [6.07, 6.45) is 20.2. The molecule has 0 aromatic rings. The van der Waals surface area contributed by atoms with E-state index in [1.54, 1.807) is 6.08 Å². The number of unbranched alkanes of at least 4 members (excludes halogenated alkanes) is 10. The third-order valence-electron chi connectivity index (χ3n) is 6.35. The highest BCUT2D eigenvalue weighted by Gasteiger charge is 2.58. The van der Waals surface area contributed by atoms with Crippen LogP contribution in [0.15, 0.2) is 12.7 Å². The van der Waals surface area contributed by atoms with Gasteiger partial charge in [0.05, 0.1) is 17.6 Å². The number of carbonyl (C=O) groups is 1. The smallest absolute Gasteiger partial charge is 0.166 e. The van der Waals surface area contributed by atoms with E-state index in [0.29, 0.717) is 0 Å². The van der Waals surface area contributed by atoms with E-state index >= 15 is 0 Å². The summed E-state index contributed by atoms with van der Waals surface area (Å²) in [5.74, 6) is 0.221. The molecule has 152 valence electrons. The second-order valence-electron chi connectivity index (χ2n) is 8.19. The van der Waals surface area contributed by atoms with Gasteiger partial charge in [-0.3, -0.25) is 4.79 Å². The summed E-state index contributed by atoms with van der Waals surface area (Å²) in [4.78, 5) is 12.7. The van der Waals surface area contributed by atoms with E-state index in [2.05, 4.69) is 27.4 Å². The molecule has 26 heavy (non-hydrogen) atoms. The maximum atomic E-state index is 12.7. The van der Waals surface area contributed by atoms with E-state index in [-0.39, 0.29) is 23.4 Å². The van der Waals surface area contributed by atoms with Crippen molar-refractivity contribution in [3.05, 3.63) is 12.7 Å². The van der Waals surface area contributed by atoms with Crippen LogP contribution in [0.4, 0.5) is 0 Å². The van der Waals surface area contributed by atoms with Gasteiger partial charge in [0.2, 0.25) is 0 Å². The Bertz CT molecular complexity index is 366. The Hall–Kier alpha value is -0.630. The molecule has 0 amide bonds. The van der Waals surface area contributed by atoms with Crippen LogP contribution in [0.3, 0.4) is 0 Å². The van der Waals surface area contributed by atoms with Crippen molar-refractivity contribution in [3.63, 3.8) is 0 Å². The molecule has 0 aliphatic carbocycles. The van der Waals surface area contributed by atoms with Crippen LogP contribution in [0.25, 0.3) is 0 Å². The molecule has 2 heteroatoms. The molecule has 1 rings (SSSR count). The predicted molar refractivity (Wildman–Crippen MR) is 113 cm³/mol. The lowest BCUT2D eigenvalue weighted by Crippen LogP contribution is -2.63. The highest BCUT2D eigenvalue weighted by Crippen LogP contribution is 2.49. The minimum atomic E-state index is -0.283. The van der Waals surface area contributed by atoms with Crippen LogP contribution in [0, 0.1) is 5.41 Å². The quantitative estimate of drug-likeness (QED) is 0.198. The third kappa shape index (κ3) is 6.51. The van der Waals surface area contributed by atoms with Gasteiger partial charge < -0.3 is 4.74 Å². The monoisotopic (exact) mass is 364 g/mol. The summed E-state index contributed by atoms with van der Waals surface area (Å²) in [7, 11) is 0. The minimum absolute atomic E-state index is 0.120. The maximum Gasteiger partial charge on any atom is 0.166 e. The van der Waals surface area contributed by atoms with Gasteiger partial charge in [0, 0.05) is 0 Å². The first kappa shape index (κ1) is 23.4. The van der Waals surface area contributed by atoms with Crippen molar-refractivity contribution in [1.82, 2.24) is 0 Å². The van der Waals surface area contributed by atoms with Crippen LogP contribution in [0.5, 0.6) is 0 Å². The van der Waals surface area contributed by atoms with Crippen LogP contribution >= 0.6 is 0 Å². The molecule has 0 spiro atoms. The molecule has 2 nitrogen and oxygen atoms in total. The molecule has 2 atom stereocenters. The molecule has 0 N–H and O–H groups in total. The predicted octanol–water partition coefficient (Wildman–Crippen LogP) is 7.41. The fraction of sp³-hybridized carbons (Fsp3) is 0.875. The van der Waals surface area contributed by atoms with Crippen molar-refractivity contribution >= 4 is 5.78 Å². The number of hydrogen-bond donors (Lipinski definition) is 0. The fourth-order valence-corrected chi connectivity index (χ4v) is 4.58. The van der Waals surface area contributed by atoms with Gasteiger partial charge in [-0.1, -0.05) is 104 Å². The van der Waals surface area contributed by atoms with Gasteiger partial charge >= 0.3 is 0 Å². The van der Waals surface area contributed by atoms with Crippen LogP contribution in [-0.4, -0.2) is 18.0 Å². The van der Waals surface area contributed by atoms with Crippen molar-refractivity contribution in [3.8, 4) is 0 Å². The Morgan fingerprint density at radius 3 is 1.62 bits per heavy atom. The third-order valence-corrected chi connectivity index (χ3v) is 6.35. The van der Waals surface area contributed by atoms with E-state index in [9.17, 15) is 4.79 Å². The van der Waals surface area contributed by atoms with Gasteiger partial charge in [-0.05, 0) is 25.3 Å². The van der Waals surface area contributed by atoms with E-state index in [1.807, 2.05) is 0 Å². The minimum Gasteiger partial charge on any atom is -0.373 e. The number of hydrogen-bond acceptors (Lipinski definition) is 2. The molecule has 1 aliphatic heterocycles. The second kappa shape index (κ2) is 13.5. The summed E-state index contributed by atoms with van der Waals surface area (Å²) in [6, 6.07) is 0. The van der Waals surface area contributed by atoms with Crippen LogP contribution in [0.2, 0.25) is 0 Å². The summed E-state index contributed by atoms with van der Waals surface area (Å²) in [6.45, 7) is 10.4. The normalized spacial score (nSPS) is 25.0. The molecule has 1 saturated heterocycles. The lowest BCUT2D eigenvalue weighted by atomic mass is 9.64. The number of carbonyl (C=O) groups excluding carboxylic acids is 1. The summed E-state index contributed by atoms with van der Waals surface area (Å²) < 4.78 is 6.26. The van der Waals surface area contributed by atoms with E-state index < -0.39 is 0 Å². The maximum absolute atomic E-state index is 12.7. The van der Waals surface area contributed by atoms with E-state index in [4.69, 9.17) is 4.74 Å². The van der Waals surface area contributed by atoms with Gasteiger partial charge in [-0.2, -0.15) is 0 Å². The number of rotatable bonds is 17. The Morgan fingerprint density at radius 2 is 1.23 bits per heavy atom. The van der Waals surface area contributed by atoms with Crippen LogP contribution < -0.4 is 0 Å². The molecule has 0 aromatic carbocycles. The first-order valence-electron chi connectivity index (χ1n) is 11.5. The average molecular weight is 365 g/mol. The molecular weight excluding hydrogens is 320 g/mol. The molecular formula is C24H44O2. The van der Waals surface area contributed by atoms with Gasteiger partial charge in [0.15, 0.2) is 5.78 Å². The van der Waals surface area contributed by atoms with Crippen molar-refractivity contribution in [2.75, 3.05) is 0 Å². The number of ether oxygens (including phenoxy) is 1. The standard InChI is InChI=1S/C24H44O2/c1-5-9-11-13-15-17-19-22-24(8-4,21(25)7-3)23(26-22)20-18-16-14-12-10-6-2/h7,22-23H,3,5-6,8-20H2,1-2,4H3. The summed E-state index contributed by atoms with van der Waals surface area (Å²) in [5, 5.41) is 0. The van der Waals surface area contributed by atoms with Gasteiger partial charge in [-0.15, -0.1) is 0 Å². The van der Waals surface area contributed by atoms with Gasteiger partial charge in [-0.25, -0.2) is 0 Å². The molecule has 1 aliphatic rings. The lowest BCUT2D eigenvalue weighted by molar-refractivity contribution is -0.244. The molecule has 0 bridgehead atoms. The average Bonchev–Trinajstić information content (AvgIpc) is 2.64. The first-order chi connectivity index (χ1) is 12.7. The Kier molecular flexibility index (Phi) is 12.2. The number of ketones is 1. The largest absolute Gasteiger partial charge is 0.373 e. The molecule has 1 fully saturated rings. The van der Waals surface area contributed by atoms with Crippen molar-refractivity contribution in [2.45, 2.75) is 129 Å². The molecule has 0 radical (unpaired) electrons. The van der Waals surface area contributed by atoms with Crippen molar-refractivity contribution in [2.24, 2.45) is 5.41 Å². The Balaban J connectivity index is 2.43. The van der Waals surface area contributed by atoms with E-state index in [0.717, 1.165) is 19.3 Å². The topological polar surface area (TPSA) is 26.3 Å². The Labute approximate surface area is 163 Å². The SMILES string of the molecule is C=CC(=O)C1(CC)C(CCCCCCCC)OC1CCCCCCCC. The number of allylic oxidation sites excluding steroid dienone is 1.